The molecule has 80 valence electrons. The Bertz CT molecular complexity index is 409. The number of carboxylic acids is 1. The van der Waals surface area contributed by atoms with E-state index in [1.807, 2.05) is 4.94 Å². The molecule has 0 unspecified atom stereocenters. The molecule has 3 N–H and O–H groups in total. The maximum atomic E-state index is 10.7. The summed E-state index contributed by atoms with van der Waals surface area (Å²) in [5, 5.41) is 19.2. The molecule has 0 aromatic heterocycles. The lowest BCUT2D eigenvalue weighted by molar-refractivity contribution is -0.384. The molecule has 0 aliphatic rings. The summed E-state index contributed by atoms with van der Waals surface area (Å²) in [5.74, 6) is -1.28. The van der Waals surface area contributed by atoms with Crippen LogP contribution < -0.4 is 10.4 Å². The molecule has 0 radical (unpaired) electrons. The minimum Gasteiger partial charge on any atom is -0.478 e. The van der Waals surface area contributed by atoms with Crippen molar-refractivity contribution in [3.63, 3.8) is 0 Å². The van der Waals surface area contributed by atoms with Crippen LogP contribution in [-0.2, 0) is 0 Å². The highest BCUT2D eigenvalue weighted by atomic mass is 35.5. The smallest absolute Gasteiger partial charge is 0.338 e. The van der Waals surface area contributed by atoms with Gasteiger partial charge in [0.25, 0.3) is 5.69 Å². The number of carboxylic acid groups (broad SMARTS) is 1. The summed E-state index contributed by atoms with van der Waals surface area (Å²) < 4.78 is 0. The lowest BCUT2D eigenvalue weighted by Gasteiger charge is -2.05. The van der Waals surface area contributed by atoms with E-state index in [0.29, 0.717) is 0 Å². The Kier molecular flexibility index (Phi) is 3.42. The molecule has 0 saturated heterocycles. The van der Waals surface area contributed by atoms with Crippen LogP contribution in [0.3, 0.4) is 0 Å². The fourth-order valence-corrected chi connectivity index (χ4v) is 1.08. The fraction of sp³-hybridized carbons (Fsp3) is 0. The first-order chi connectivity index (χ1) is 7.06. The molecule has 0 aliphatic carbocycles. The van der Waals surface area contributed by atoms with Crippen LogP contribution in [0.4, 0.5) is 11.4 Å². The molecule has 0 aliphatic heterocycles. The van der Waals surface area contributed by atoms with Gasteiger partial charge in [0.2, 0.25) is 0 Å². The Morgan fingerprint density at radius 1 is 1.53 bits per heavy atom. The van der Waals surface area contributed by atoms with E-state index < -0.39 is 10.9 Å². The highest BCUT2D eigenvalue weighted by Crippen LogP contribution is 2.21. The van der Waals surface area contributed by atoms with Gasteiger partial charge in [0.05, 0.1) is 16.2 Å². The summed E-state index contributed by atoms with van der Waals surface area (Å²) >= 11 is 5.13. The van der Waals surface area contributed by atoms with Crippen molar-refractivity contribution in [2.75, 3.05) is 5.43 Å². The van der Waals surface area contributed by atoms with Crippen molar-refractivity contribution >= 4 is 29.1 Å². The van der Waals surface area contributed by atoms with Crippen molar-refractivity contribution in [1.29, 1.82) is 0 Å². The third kappa shape index (κ3) is 2.55. The van der Waals surface area contributed by atoms with Crippen molar-refractivity contribution in [1.82, 2.24) is 4.94 Å². The second-order valence-corrected chi connectivity index (χ2v) is 2.70. The average Bonchev–Trinajstić information content (AvgIpc) is 2.18. The van der Waals surface area contributed by atoms with E-state index in [-0.39, 0.29) is 16.9 Å². The minimum atomic E-state index is -1.28. The van der Waals surface area contributed by atoms with Gasteiger partial charge in [-0.05, 0) is 17.8 Å². The van der Waals surface area contributed by atoms with Gasteiger partial charge in [0.1, 0.15) is 0 Å². The van der Waals surface area contributed by atoms with Crippen LogP contribution in [0.1, 0.15) is 10.4 Å². The summed E-state index contributed by atoms with van der Waals surface area (Å²) in [6, 6.07) is 3.36. The monoisotopic (exact) mass is 231 g/mol. The van der Waals surface area contributed by atoms with Gasteiger partial charge in [-0.15, -0.1) is 4.94 Å². The van der Waals surface area contributed by atoms with Gasteiger partial charge in [-0.2, -0.15) is 0 Å². The lowest BCUT2D eigenvalue weighted by atomic mass is 10.1. The van der Waals surface area contributed by atoms with Gasteiger partial charge in [0, 0.05) is 12.1 Å². The molecule has 8 heteroatoms. The number of nitro benzene ring substituents is 1. The maximum Gasteiger partial charge on any atom is 0.338 e. The number of anilines is 1. The number of carbonyl (C=O) groups is 1. The third-order valence-electron chi connectivity index (χ3n) is 1.63. The SMILES string of the molecule is O=C(O)c1cc([N+](=O)[O-])ccc1NNCl. The number of non-ortho nitro benzene ring substituents is 1. The molecule has 0 bridgehead atoms. The largest absolute Gasteiger partial charge is 0.478 e. The molecule has 0 fully saturated rings. The zero-order valence-corrected chi connectivity index (χ0v) is 7.99. The molecule has 0 heterocycles. The summed E-state index contributed by atoms with van der Waals surface area (Å²) in [7, 11) is 0. The predicted octanol–water partition coefficient (Wildman–Crippen LogP) is 1.36. The van der Waals surface area contributed by atoms with Crippen LogP contribution in [0.5, 0.6) is 0 Å². The second-order valence-electron chi connectivity index (χ2n) is 2.51. The van der Waals surface area contributed by atoms with E-state index >= 15 is 0 Å². The molecule has 0 amide bonds. The summed E-state index contributed by atoms with van der Waals surface area (Å²) in [6.45, 7) is 0. The molecule has 15 heavy (non-hydrogen) atoms. The highest BCUT2D eigenvalue weighted by Gasteiger charge is 2.15. The van der Waals surface area contributed by atoms with Crippen molar-refractivity contribution in [2.24, 2.45) is 0 Å². The van der Waals surface area contributed by atoms with Crippen LogP contribution in [-0.4, -0.2) is 16.0 Å². The topological polar surface area (TPSA) is 104 Å². The molecule has 0 atom stereocenters. The number of nitro groups is 1. The van der Waals surface area contributed by atoms with Gasteiger partial charge >= 0.3 is 5.97 Å². The van der Waals surface area contributed by atoms with E-state index in [0.717, 1.165) is 6.07 Å². The van der Waals surface area contributed by atoms with Crippen LogP contribution in [0.15, 0.2) is 18.2 Å². The lowest BCUT2D eigenvalue weighted by Crippen LogP contribution is -2.13. The number of benzene rings is 1. The first-order valence-electron chi connectivity index (χ1n) is 3.69. The standard InChI is InChI=1S/C7H6ClN3O4/c8-10-9-6-2-1-4(11(14)15)3-5(6)7(12)13/h1-3,9-10H,(H,12,13). The molecule has 1 aromatic carbocycles. The Labute approximate surface area is 88.9 Å². The average molecular weight is 232 g/mol. The number of nitrogens with one attached hydrogen (secondary N) is 2. The number of hydrogen-bond donors (Lipinski definition) is 3. The highest BCUT2D eigenvalue weighted by molar-refractivity contribution is 6.14. The van der Waals surface area contributed by atoms with E-state index in [2.05, 4.69) is 5.43 Å². The zero-order valence-electron chi connectivity index (χ0n) is 7.23. The quantitative estimate of drug-likeness (QED) is 0.411. The number of hydrazine groups is 1. The number of halogens is 1. The number of aromatic carboxylic acids is 1. The summed E-state index contributed by atoms with van der Waals surface area (Å²) in [6.07, 6.45) is 0. The van der Waals surface area contributed by atoms with Crippen LogP contribution in [0, 0.1) is 10.1 Å². The van der Waals surface area contributed by atoms with Gasteiger partial charge < -0.3 is 10.5 Å². The Morgan fingerprint density at radius 3 is 2.67 bits per heavy atom. The van der Waals surface area contributed by atoms with Gasteiger partial charge in [-0.3, -0.25) is 10.1 Å². The summed E-state index contributed by atoms with van der Waals surface area (Å²) in [5.41, 5.74) is 1.94. The molecule has 1 aromatic rings. The van der Waals surface area contributed by atoms with Crippen molar-refractivity contribution in [3.8, 4) is 0 Å². The zero-order chi connectivity index (χ0) is 11.4. The molecule has 1 rings (SSSR count). The summed E-state index contributed by atoms with van der Waals surface area (Å²) in [4.78, 5) is 22.5. The number of rotatable bonds is 4. The number of nitrogens with zero attached hydrogens (tertiary/aromatic N) is 1. The maximum absolute atomic E-state index is 10.7. The van der Waals surface area contributed by atoms with Crippen LogP contribution >= 0.6 is 11.8 Å². The van der Waals surface area contributed by atoms with Gasteiger partial charge in [-0.25, -0.2) is 4.79 Å². The van der Waals surface area contributed by atoms with Crippen molar-refractivity contribution in [3.05, 3.63) is 33.9 Å². The molecular weight excluding hydrogens is 226 g/mol. The second kappa shape index (κ2) is 4.58. The molecular formula is C7H6ClN3O4. The van der Waals surface area contributed by atoms with Crippen molar-refractivity contribution in [2.45, 2.75) is 0 Å². The van der Waals surface area contributed by atoms with Crippen LogP contribution in [0.25, 0.3) is 0 Å². The van der Waals surface area contributed by atoms with E-state index in [4.69, 9.17) is 16.9 Å². The molecule has 0 spiro atoms. The van der Waals surface area contributed by atoms with Gasteiger partial charge in [0.15, 0.2) is 0 Å². The minimum absolute atomic E-state index is 0.142. The normalized spacial score (nSPS) is 9.67. The Morgan fingerprint density at radius 2 is 2.20 bits per heavy atom. The molecule has 7 nitrogen and oxygen atoms in total. The third-order valence-corrected chi connectivity index (χ3v) is 1.72. The van der Waals surface area contributed by atoms with Crippen molar-refractivity contribution < 1.29 is 14.8 Å². The van der Waals surface area contributed by atoms with Gasteiger partial charge in [-0.1, -0.05) is 0 Å². The first-order valence-corrected chi connectivity index (χ1v) is 4.07. The Hall–Kier alpha value is -1.86. The first kappa shape index (κ1) is 11.2. The fourth-order valence-electron chi connectivity index (χ4n) is 0.983. The van der Waals surface area contributed by atoms with Crippen LogP contribution in [0.2, 0.25) is 0 Å². The van der Waals surface area contributed by atoms with E-state index in [1.165, 1.54) is 12.1 Å². The number of hydrogen-bond acceptors (Lipinski definition) is 5. The Balaban J connectivity index is 3.20. The van der Waals surface area contributed by atoms with E-state index in [9.17, 15) is 14.9 Å². The van der Waals surface area contributed by atoms with E-state index in [1.54, 1.807) is 0 Å². The molecule has 0 saturated carbocycles. The predicted molar refractivity (Wildman–Crippen MR) is 52.7 cm³/mol.